The molecule has 0 aromatic heterocycles. The van der Waals surface area contributed by atoms with Gasteiger partial charge in [-0.3, -0.25) is 0 Å². The topological polar surface area (TPSA) is 38.3 Å². The summed E-state index contributed by atoms with van der Waals surface area (Å²) in [7, 11) is 0. The van der Waals surface area contributed by atoms with E-state index in [-0.39, 0.29) is 11.6 Å². The Morgan fingerprint density at radius 2 is 1.89 bits per heavy atom. The van der Waals surface area contributed by atoms with Crippen molar-refractivity contribution in [2.75, 3.05) is 0 Å². The molecule has 1 N–H and O–H groups in total. The summed E-state index contributed by atoms with van der Waals surface area (Å²) in [5.74, 6) is 2.59. The molecule has 1 aliphatic rings. The van der Waals surface area contributed by atoms with Crippen LogP contribution in [-0.4, -0.2) is 11.7 Å². The van der Waals surface area contributed by atoms with Crippen LogP contribution in [0, 0.1) is 12.3 Å². The van der Waals surface area contributed by atoms with E-state index in [2.05, 4.69) is 11.2 Å². The fourth-order valence-electron chi connectivity index (χ4n) is 2.00. The molecule has 19 heavy (non-hydrogen) atoms. The van der Waals surface area contributed by atoms with Gasteiger partial charge < -0.3 is 10.1 Å². The summed E-state index contributed by atoms with van der Waals surface area (Å²) in [4.78, 5) is 11.8. The monoisotopic (exact) mass is 257 g/mol. The lowest BCUT2D eigenvalue weighted by atomic mass is 10.0. The first-order chi connectivity index (χ1) is 8.85. The molecule has 3 nitrogen and oxygen atoms in total. The van der Waals surface area contributed by atoms with Crippen LogP contribution in [-0.2, 0) is 10.3 Å². The van der Waals surface area contributed by atoms with Gasteiger partial charge in [-0.1, -0.05) is 18.1 Å². The molecule has 0 aliphatic heterocycles. The summed E-state index contributed by atoms with van der Waals surface area (Å²) in [5.41, 5.74) is 1.18. The third-order valence-corrected chi connectivity index (χ3v) is 3.09. The molecule has 0 bridgehead atoms. The van der Waals surface area contributed by atoms with E-state index in [1.807, 2.05) is 45.0 Å². The maximum absolute atomic E-state index is 11.8. The number of terminal acetylenes is 1. The van der Waals surface area contributed by atoms with E-state index in [0.717, 1.165) is 24.0 Å². The highest BCUT2D eigenvalue weighted by atomic mass is 16.6. The maximum Gasteiger partial charge on any atom is 0.408 e. The van der Waals surface area contributed by atoms with E-state index in [4.69, 9.17) is 11.2 Å². The lowest BCUT2D eigenvalue weighted by Gasteiger charge is -2.23. The average molecular weight is 257 g/mol. The molecule has 0 spiro atoms. The Labute approximate surface area is 114 Å². The van der Waals surface area contributed by atoms with Gasteiger partial charge in [0.2, 0.25) is 0 Å². The highest BCUT2D eigenvalue weighted by Crippen LogP contribution is 2.45. The van der Waals surface area contributed by atoms with E-state index in [9.17, 15) is 4.79 Å². The fraction of sp³-hybridized carbons (Fsp3) is 0.438. The van der Waals surface area contributed by atoms with Crippen LogP contribution >= 0.6 is 0 Å². The van der Waals surface area contributed by atoms with Crippen LogP contribution in [0.25, 0.3) is 0 Å². The second kappa shape index (κ2) is 4.62. The van der Waals surface area contributed by atoms with Crippen molar-refractivity contribution < 1.29 is 9.53 Å². The lowest BCUT2D eigenvalue weighted by molar-refractivity contribution is 0.0495. The quantitative estimate of drug-likeness (QED) is 0.826. The van der Waals surface area contributed by atoms with Crippen molar-refractivity contribution >= 4 is 6.09 Å². The van der Waals surface area contributed by atoms with Gasteiger partial charge >= 0.3 is 6.09 Å². The minimum absolute atomic E-state index is 0.268. The van der Waals surface area contributed by atoms with Gasteiger partial charge in [0.05, 0.1) is 5.54 Å². The molecule has 1 fully saturated rings. The maximum atomic E-state index is 11.8. The number of carbonyl (C=O) groups is 1. The van der Waals surface area contributed by atoms with E-state index < -0.39 is 5.60 Å². The fourth-order valence-corrected chi connectivity index (χ4v) is 2.00. The summed E-state index contributed by atoms with van der Waals surface area (Å²) in [6, 6.07) is 7.73. The zero-order valence-electron chi connectivity index (χ0n) is 11.6. The molecule has 2 rings (SSSR count). The van der Waals surface area contributed by atoms with Gasteiger partial charge in [-0.2, -0.15) is 0 Å². The standard InChI is InChI=1S/C16H19NO2/c1-5-12-6-8-13(9-7-12)16(10-11-16)17-14(18)19-15(2,3)4/h1,6-9H,10-11H2,2-4H3,(H,17,18). The third kappa shape index (κ3) is 3.29. The van der Waals surface area contributed by atoms with Crippen LogP contribution in [0.2, 0.25) is 0 Å². The number of nitrogens with one attached hydrogen (secondary N) is 1. The summed E-state index contributed by atoms with van der Waals surface area (Å²) in [5, 5.41) is 2.96. The number of ether oxygens (including phenoxy) is 1. The summed E-state index contributed by atoms with van der Waals surface area (Å²) >= 11 is 0. The van der Waals surface area contributed by atoms with Gasteiger partial charge in [-0.05, 0) is 51.3 Å². The average Bonchev–Trinajstić information content (AvgIpc) is 3.07. The number of carbonyl (C=O) groups excluding carboxylic acids is 1. The van der Waals surface area contributed by atoms with Crippen LogP contribution in [0.5, 0.6) is 0 Å². The van der Waals surface area contributed by atoms with E-state index in [0.29, 0.717) is 0 Å². The Hall–Kier alpha value is -1.95. The molecule has 0 heterocycles. The lowest BCUT2D eigenvalue weighted by Crippen LogP contribution is -2.39. The molecule has 100 valence electrons. The molecule has 1 amide bonds. The molecule has 1 aliphatic carbocycles. The molecule has 1 aromatic carbocycles. The minimum atomic E-state index is -0.479. The second-order valence-corrected chi connectivity index (χ2v) is 5.93. The summed E-state index contributed by atoms with van der Waals surface area (Å²) in [6.07, 6.45) is 6.83. The van der Waals surface area contributed by atoms with Crippen LogP contribution in [0.1, 0.15) is 44.7 Å². The van der Waals surface area contributed by atoms with Gasteiger partial charge in [0.25, 0.3) is 0 Å². The van der Waals surface area contributed by atoms with Crippen molar-refractivity contribution in [2.45, 2.75) is 44.8 Å². The van der Waals surface area contributed by atoms with Gasteiger partial charge in [0.15, 0.2) is 0 Å². The number of hydrogen-bond acceptors (Lipinski definition) is 2. The van der Waals surface area contributed by atoms with Crippen molar-refractivity contribution in [3.63, 3.8) is 0 Å². The Morgan fingerprint density at radius 1 is 1.32 bits per heavy atom. The predicted molar refractivity (Wildman–Crippen MR) is 74.7 cm³/mol. The smallest absolute Gasteiger partial charge is 0.408 e. The molecular weight excluding hydrogens is 238 g/mol. The first-order valence-corrected chi connectivity index (χ1v) is 6.43. The number of hydrogen-bond donors (Lipinski definition) is 1. The highest BCUT2D eigenvalue weighted by molar-refractivity contribution is 5.70. The van der Waals surface area contributed by atoms with Crippen molar-refractivity contribution in [3.8, 4) is 12.3 Å². The van der Waals surface area contributed by atoms with Gasteiger partial charge in [-0.25, -0.2) is 4.79 Å². The normalized spacial score (nSPS) is 16.3. The molecule has 3 heteroatoms. The first-order valence-electron chi connectivity index (χ1n) is 6.43. The molecule has 1 aromatic rings. The molecule has 0 radical (unpaired) electrons. The molecule has 0 saturated heterocycles. The Balaban J connectivity index is 2.07. The summed E-state index contributed by atoms with van der Waals surface area (Å²) < 4.78 is 5.30. The Kier molecular flexibility index (Phi) is 3.28. The zero-order valence-corrected chi connectivity index (χ0v) is 11.6. The third-order valence-electron chi connectivity index (χ3n) is 3.09. The van der Waals surface area contributed by atoms with Crippen molar-refractivity contribution in [1.82, 2.24) is 5.32 Å². The zero-order chi connectivity index (χ0) is 14.1. The van der Waals surface area contributed by atoms with Crippen LogP contribution in [0.3, 0.4) is 0 Å². The molecule has 1 saturated carbocycles. The van der Waals surface area contributed by atoms with Crippen LogP contribution in [0.4, 0.5) is 4.79 Å². The predicted octanol–water partition coefficient (Wildman–Crippen LogP) is 3.18. The first kappa shape index (κ1) is 13.5. The van der Waals surface area contributed by atoms with Gasteiger partial charge in [-0.15, -0.1) is 6.42 Å². The number of alkyl carbamates (subject to hydrolysis) is 1. The van der Waals surface area contributed by atoms with Crippen molar-refractivity contribution in [2.24, 2.45) is 0 Å². The molecule has 0 atom stereocenters. The number of amides is 1. The van der Waals surface area contributed by atoms with Gasteiger partial charge in [0.1, 0.15) is 5.60 Å². The minimum Gasteiger partial charge on any atom is -0.444 e. The summed E-state index contributed by atoms with van der Waals surface area (Å²) in [6.45, 7) is 5.57. The number of rotatable bonds is 2. The SMILES string of the molecule is C#Cc1ccc(C2(NC(=O)OC(C)(C)C)CC2)cc1. The Morgan fingerprint density at radius 3 is 2.32 bits per heavy atom. The Bertz CT molecular complexity index is 513. The molecule has 0 unspecified atom stereocenters. The highest BCUT2D eigenvalue weighted by Gasteiger charge is 2.46. The van der Waals surface area contributed by atoms with Crippen LogP contribution < -0.4 is 5.32 Å². The van der Waals surface area contributed by atoms with E-state index in [1.165, 1.54) is 0 Å². The number of benzene rings is 1. The van der Waals surface area contributed by atoms with E-state index >= 15 is 0 Å². The van der Waals surface area contributed by atoms with Crippen LogP contribution in [0.15, 0.2) is 24.3 Å². The van der Waals surface area contributed by atoms with Crippen molar-refractivity contribution in [1.29, 1.82) is 0 Å². The van der Waals surface area contributed by atoms with Crippen molar-refractivity contribution in [3.05, 3.63) is 35.4 Å². The van der Waals surface area contributed by atoms with E-state index in [1.54, 1.807) is 0 Å². The largest absolute Gasteiger partial charge is 0.444 e. The van der Waals surface area contributed by atoms with Gasteiger partial charge in [0, 0.05) is 5.56 Å². The molecular formula is C16H19NO2. The second-order valence-electron chi connectivity index (χ2n) is 5.93.